The lowest BCUT2D eigenvalue weighted by Gasteiger charge is -2.06. The highest BCUT2D eigenvalue weighted by atomic mass is 35.5. The van der Waals surface area contributed by atoms with Crippen LogP contribution in [0, 0.1) is 6.92 Å². The van der Waals surface area contributed by atoms with Crippen molar-refractivity contribution in [2.24, 2.45) is 0 Å². The van der Waals surface area contributed by atoms with Crippen molar-refractivity contribution in [1.82, 2.24) is 15.5 Å². The Kier molecular flexibility index (Phi) is 6.28. The van der Waals surface area contributed by atoms with Gasteiger partial charge in [-0.2, -0.15) is 4.98 Å². The van der Waals surface area contributed by atoms with Crippen molar-refractivity contribution in [3.63, 3.8) is 0 Å². The number of carbonyl (C=O) groups is 2. The average molecular weight is 420 g/mol. The quantitative estimate of drug-likeness (QED) is 0.610. The number of esters is 1. The molecule has 0 unspecified atom stereocenters. The SMILES string of the molecule is Cc1ccc(-c2noc(COC(=O)CNC(=O)c3ccc(Cl)c(Cl)c3)n2)cc1. The summed E-state index contributed by atoms with van der Waals surface area (Å²) in [7, 11) is 0. The number of hydrogen-bond acceptors (Lipinski definition) is 6. The lowest BCUT2D eigenvalue weighted by Crippen LogP contribution is -2.30. The molecule has 3 rings (SSSR count). The minimum absolute atomic E-state index is 0.153. The highest BCUT2D eigenvalue weighted by Crippen LogP contribution is 2.22. The molecule has 1 heterocycles. The summed E-state index contributed by atoms with van der Waals surface area (Å²) >= 11 is 11.7. The summed E-state index contributed by atoms with van der Waals surface area (Å²) in [4.78, 5) is 28.0. The minimum atomic E-state index is -0.650. The molecule has 0 fully saturated rings. The van der Waals surface area contributed by atoms with Gasteiger partial charge in [-0.05, 0) is 25.1 Å². The first-order chi connectivity index (χ1) is 13.4. The predicted octanol–water partition coefficient (Wildman–Crippen LogP) is 3.83. The normalized spacial score (nSPS) is 10.5. The molecule has 0 radical (unpaired) electrons. The Morgan fingerprint density at radius 2 is 1.86 bits per heavy atom. The molecule has 0 spiro atoms. The highest BCUT2D eigenvalue weighted by molar-refractivity contribution is 6.42. The van der Waals surface area contributed by atoms with Gasteiger partial charge in [-0.3, -0.25) is 9.59 Å². The van der Waals surface area contributed by atoms with Crippen molar-refractivity contribution < 1.29 is 18.8 Å². The second kappa shape index (κ2) is 8.86. The number of rotatable bonds is 6. The second-order valence-electron chi connectivity index (χ2n) is 5.85. The van der Waals surface area contributed by atoms with Crippen LogP contribution in [0.4, 0.5) is 0 Å². The first-order valence-corrected chi connectivity index (χ1v) is 8.96. The number of carbonyl (C=O) groups excluding carboxylic acids is 2. The van der Waals surface area contributed by atoms with Crippen LogP contribution in [0.5, 0.6) is 0 Å². The van der Waals surface area contributed by atoms with Crippen molar-refractivity contribution >= 4 is 35.1 Å². The maximum atomic E-state index is 12.0. The Hall–Kier alpha value is -2.90. The second-order valence-corrected chi connectivity index (χ2v) is 6.66. The highest BCUT2D eigenvalue weighted by Gasteiger charge is 2.13. The Morgan fingerprint density at radius 3 is 2.57 bits per heavy atom. The molecule has 0 aliphatic carbocycles. The number of halogens is 2. The van der Waals surface area contributed by atoms with E-state index >= 15 is 0 Å². The van der Waals surface area contributed by atoms with Crippen molar-refractivity contribution in [3.8, 4) is 11.4 Å². The maximum Gasteiger partial charge on any atom is 0.325 e. The number of benzene rings is 2. The van der Waals surface area contributed by atoms with Crippen LogP contribution in [-0.4, -0.2) is 28.6 Å². The van der Waals surface area contributed by atoms with Gasteiger partial charge in [-0.1, -0.05) is 58.2 Å². The first-order valence-electron chi connectivity index (χ1n) is 8.21. The average Bonchev–Trinajstić information content (AvgIpc) is 3.16. The van der Waals surface area contributed by atoms with Gasteiger partial charge in [0, 0.05) is 11.1 Å². The Morgan fingerprint density at radius 1 is 1.11 bits per heavy atom. The van der Waals surface area contributed by atoms with E-state index < -0.39 is 11.9 Å². The van der Waals surface area contributed by atoms with E-state index in [1.54, 1.807) is 0 Å². The van der Waals surface area contributed by atoms with E-state index in [1.165, 1.54) is 18.2 Å². The van der Waals surface area contributed by atoms with Gasteiger partial charge in [0.1, 0.15) is 6.54 Å². The molecule has 1 N–H and O–H groups in total. The van der Waals surface area contributed by atoms with E-state index in [-0.39, 0.29) is 29.6 Å². The molecule has 144 valence electrons. The molecule has 0 saturated heterocycles. The molecule has 2 aromatic carbocycles. The number of nitrogens with one attached hydrogen (secondary N) is 1. The van der Waals surface area contributed by atoms with E-state index in [1.807, 2.05) is 31.2 Å². The summed E-state index contributed by atoms with van der Waals surface area (Å²) in [6.07, 6.45) is 0. The zero-order valence-corrected chi connectivity index (χ0v) is 16.3. The molecule has 9 heteroatoms. The number of nitrogens with zero attached hydrogens (tertiary/aromatic N) is 2. The molecule has 3 aromatic rings. The molecule has 0 aliphatic heterocycles. The summed E-state index contributed by atoms with van der Waals surface area (Å²) in [5.41, 5.74) is 2.19. The summed E-state index contributed by atoms with van der Waals surface area (Å²) in [5.74, 6) is -0.572. The Bertz CT molecular complexity index is 1000. The summed E-state index contributed by atoms with van der Waals surface area (Å²) < 4.78 is 10.1. The van der Waals surface area contributed by atoms with E-state index in [2.05, 4.69) is 15.5 Å². The lowest BCUT2D eigenvalue weighted by atomic mass is 10.1. The Balaban J connectivity index is 1.48. The van der Waals surface area contributed by atoms with Crippen LogP contribution in [0.1, 0.15) is 21.8 Å². The van der Waals surface area contributed by atoms with E-state index in [9.17, 15) is 9.59 Å². The summed E-state index contributed by atoms with van der Waals surface area (Å²) in [5, 5.41) is 6.87. The Labute approximate surface area is 170 Å². The van der Waals surface area contributed by atoms with E-state index in [0.717, 1.165) is 11.1 Å². The fourth-order valence-corrected chi connectivity index (χ4v) is 2.52. The van der Waals surface area contributed by atoms with E-state index in [0.29, 0.717) is 10.8 Å². The zero-order chi connectivity index (χ0) is 20.1. The van der Waals surface area contributed by atoms with Crippen LogP contribution in [-0.2, 0) is 16.1 Å². The van der Waals surface area contributed by atoms with E-state index in [4.69, 9.17) is 32.5 Å². The molecule has 0 atom stereocenters. The number of aromatic nitrogens is 2. The van der Waals surface area contributed by atoms with Crippen LogP contribution >= 0.6 is 23.2 Å². The lowest BCUT2D eigenvalue weighted by molar-refractivity contribution is -0.144. The molecular formula is C19H15Cl2N3O4. The number of ether oxygens (including phenoxy) is 1. The standard InChI is InChI=1S/C19H15Cl2N3O4/c1-11-2-4-12(5-3-11)18-23-16(28-24-18)10-27-17(25)9-22-19(26)13-6-7-14(20)15(21)8-13/h2-8H,9-10H2,1H3,(H,22,26). The van der Waals surface area contributed by atoms with Crippen molar-refractivity contribution in [1.29, 1.82) is 0 Å². The third-order valence-electron chi connectivity index (χ3n) is 3.71. The van der Waals surface area contributed by atoms with Crippen molar-refractivity contribution in [2.45, 2.75) is 13.5 Å². The van der Waals surface area contributed by atoms with Gasteiger partial charge in [0.05, 0.1) is 10.0 Å². The molecule has 1 amide bonds. The molecule has 0 aliphatic rings. The molecule has 0 bridgehead atoms. The van der Waals surface area contributed by atoms with Crippen LogP contribution in [0.3, 0.4) is 0 Å². The predicted molar refractivity (Wildman–Crippen MR) is 103 cm³/mol. The third-order valence-corrected chi connectivity index (χ3v) is 4.45. The smallest absolute Gasteiger partial charge is 0.325 e. The fraction of sp³-hybridized carbons (Fsp3) is 0.158. The first kappa shape index (κ1) is 19.9. The minimum Gasteiger partial charge on any atom is -0.454 e. The maximum absolute atomic E-state index is 12.0. The molecule has 1 aromatic heterocycles. The fourth-order valence-electron chi connectivity index (χ4n) is 2.22. The van der Waals surface area contributed by atoms with Crippen LogP contribution in [0.25, 0.3) is 11.4 Å². The van der Waals surface area contributed by atoms with Gasteiger partial charge in [0.15, 0.2) is 6.61 Å². The number of aryl methyl sites for hydroxylation is 1. The molecule has 7 nitrogen and oxygen atoms in total. The van der Waals surface area contributed by atoms with Crippen LogP contribution in [0.15, 0.2) is 47.0 Å². The number of hydrogen-bond donors (Lipinski definition) is 1. The van der Waals surface area contributed by atoms with Gasteiger partial charge in [0.2, 0.25) is 5.82 Å². The molecule has 28 heavy (non-hydrogen) atoms. The van der Waals surface area contributed by atoms with Crippen LogP contribution in [0.2, 0.25) is 10.0 Å². The third kappa shape index (κ3) is 5.09. The summed E-state index contributed by atoms with van der Waals surface area (Å²) in [6.45, 7) is 1.46. The largest absolute Gasteiger partial charge is 0.454 e. The van der Waals surface area contributed by atoms with Gasteiger partial charge < -0.3 is 14.6 Å². The molecular weight excluding hydrogens is 405 g/mol. The van der Waals surface area contributed by atoms with Crippen LogP contribution < -0.4 is 5.32 Å². The summed E-state index contributed by atoms with van der Waals surface area (Å²) in [6, 6.07) is 12.0. The molecule has 0 saturated carbocycles. The van der Waals surface area contributed by atoms with Gasteiger partial charge in [-0.15, -0.1) is 0 Å². The topological polar surface area (TPSA) is 94.3 Å². The monoisotopic (exact) mass is 419 g/mol. The van der Waals surface area contributed by atoms with Crippen molar-refractivity contribution in [3.05, 3.63) is 69.5 Å². The zero-order valence-electron chi connectivity index (χ0n) is 14.7. The van der Waals surface area contributed by atoms with Gasteiger partial charge in [0.25, 0.3) is 11.8 Å². The number of amides is 1. The van der Waals surface area contributed by atoms with Crippen molar-refractivity contribution in [2.75, 3.05) is 6.54 Å². The van der Waals surface area contributed by atoms with Gasteiger partial charge in [-0.25, -0.2) is 0 Å². The van der Waals surface area contributed by atoms with Gasteiger partial charge >= 0.3 is 5.97 Å².